The number of nitrogens with zero attached hydrogens (tertiary/aromatic N) is 5. The smallest absolute Gasteiger partial charge is 0.277 e. The first kappa shape index (κ1) is 26.3. The van der Waals surface area contributed by atoms with Crippen molar-refractivity contribution in [3.63, 3.8) is 0 Å². The Morgan fingerprint density at radius 1 is 1.11 bits per heavy atom. The summed E-state index contributed by atoms with van der Waals surface area (Å²) in [5.41, 5.74) is 1.23. The number of aromatic nitrogens is 4. The van der Waals surface area contributed by atoms with Crippen molar-refractivity contribution in [2.75, 3.05) is 32.8 Å². The van der Waals surface area contributed by atoms with Gasteiger partial charge >= 0.3 is 0 Å². The molecule has 0 radical (unpaired) electrons. The minimum atomic E-state index is -3.73. The average Bonchev–Trinajstić information content (AvgIpc) is 3.22. The largest absolute Gasteiger partial charge is 0.493 e. The second-order valence-corrected chi connectivity index (χ2v) is 11.2. The minimum absolute atomic E-state index is 0.148. The summed E-state index contributed by atoms with van der Waals surface area (Å²) in [7, 11) is -3.73. The summed E-state index contributed by atoms with van der Waals surface area (Å²) in [6.45, 7) is 12.7. The number of hydrogen-bond donors (Lipinski definition) is 1. The lowest BCUT2D eigenvalue weighted by Gasteiger charge is -2.36. The van der Waals surface area contributed by atoms with E-state index in [1.54, 1.807) is 22.7 Å². The molecule has 1 aliphatic rings. The van der Waals surface area contributed by atoms with Crippen LogP contribution in [-0.4, -0.2) is 76.0 Å². The Bertz CT molecular complexity index is 1390. The molecule has 3 aromatic rings. The first-order valence-electron chi connectivity index (χ1n) is 12.7. The normalized spacial score (nSPS) is 15.7. The zero-order valence-corrected chi connectivity index (χ0v) is 22.6. The summed E-state index contributed by atoms with van der Waals surface area (Å²) in [5, 5.41) is 4.70. The number of fused-ring (bicyclic) bond motifs is 1. The van der Waals surface area contributed by atoms with Crippen LogP contribution in [0.2, 0.25) is 0 Å². The van der Waals surface area contributed by atoms with Crippen LogP contribution in [0.5, 0.6) is 5.75 Å². The van der Waals surface area contributed by atoms with Gasteiger partial charge in [-0.25, -0.2) is 17.9 Å². The van der Waals surface area contributed by atoms with E-state index in [-0.39, 0.29) is 16.3 Å². The van der Waals surface area contributed by atoms with Crippen molar-refractivity contribution in [1.29, 1.82) is 0 Å². The summed E-state index contributed by atoms with van der Waals surface area (Å²) < 4.78 is 36.0. The third kappa shape index (κ3) is 4.91. The molecule has 1 aliphatic heterocycles. The number of H-pyrrole nitrogens is 1. The number of sulfonamides is 1. The van der Waals surface area contributed by atoms with Gasteiger partial charge in [-0.15, -0.1) is 5.10 Å². The van der Waals surface area contributed by atoms with Gasteiger partial charge in [0.2, 0.25) is 10.0 Å². The number of rotatable bonds is 9. The molecule has 0 aliphatic carbocycles. The van der Waals surface area contributed by atoms with Gasteiger partial charge in [0.25, 0.3) is 5.56 Å². The van der Waals surface area contributed by atoms with Crippen molar-refractivity contribution in [2.24, 2.45) is 0 Å². The quantitative estimate of drug-likeness (QED) is 0.465. The van der Waals surface area contributed by atoms with E-state index in [9.17, 15) is 13.2 Å². The minimum Gasteiger partial charge on any atom is -0.493 e. The Balaban J connectivity index is 1.80. The molecule has 3 heterocycles. The molecule has 1 N–H and O–H groups in total. The fraction of sp³-hybridized carbons (Fsp3) is 0.560. The second kappa shape index (κ2) is 10.7. The van der Waals surface area contributed by atoms with Crippen LogP contribution in [0.25, 0.3) is 16.9 Å². The van der Waals surface area contributed by atoms with Gasteiger partial charge < -0.3 is 9.72 Å². The highest BCUT2D eigenvalue weighted by Gasteiger charge is 2.30. The molecule has 0 spiro atoms. The standard InChI is InChI=1S/C25H36N6O4S/c1-6-9-22-26-20(7-2)23-25(32)27-24(28-31(22)23)19-16-18(10-11-21(19)35-8-3)36(33,34)30-14-12-29(13-15-30)17(4)5/h10-11,16-17H,6-9,12-15H2,1-5H3,(H,27,28,32). The average molecular weight is 517 g/mol. The number of ether oxygens (including phenoxy) is 1. The summed E-state index contributed by atoms with van der Waals surface area (Å²) in [6, 6.07) is 5.12. The molecule has 196 valence electrons. The van der Waals surface area contributed by atoms with E-state index in [1.165, 1.54) is 4.31 Å². The third-order valence-electron chi connectivity index (χ3n) is 6.60. The zero-order valence-electron chi connectivity index (χ0n) is 21.7. The first-order valence-corrected chi connectivity index (χ1v) is 14.2. The van der Waals surface area contributed by atoms with Crippen molar-refractivity contribution >= 4 is 15.5 Å². The fourth-order valence-corrected chi connectivity index (χ4v) is 6.08. The lowest BCUT2D eigenvalue weighted by Crippen LogP contribution is -2.50. The van der Waals surface area contributed by atoms with Gasteiger partial charge in [-0.1, -0.05) is 13.8 Å². The second-order valence-electron chi connectivity index (χ2n) is 9.27. The van der Waals surface area contributed by atoms with Crippen LogP contribution in [0, 0.1) is 0 Å². The zero-order chi connectivity index (χ0) is 26.0. The van der Waals surface area contributed by atoms with Gasteiger partial charge in [0.05, 0.1) is 22.8 Å². The molecule has 0 bridgehead atoms. The van der Waals surface area contributed by atoms with Crippen LogP contribution >= 0.6 is 0 Å². The molecular weight excluding hydrogens is 480 g/mol. The molecule has 36 heavy (non-hydrogen) atoms. The summed E-state index contributed by atoms with van der Waals surface area (Å²) >= 11 is 0. The molecule has 0 unspecified atom stereocenters. The maximum Gasteiger partial charge on any atom is 0.277 e. The van der Waals surface area contributed by atoms with Crippen LogP contribution in [0.4, 0.5) is 0 Å². The first-order chi connectivity index (χ1) is 17.2. The van der Waals surface area contributed by atoms with Gasteiger partial charge in [0.15, 0.2) is 11.3 Å². The lowest BCUT2D eigenvalue weighted by atomic mass is 10.2. The van der Waals surface area contributed by atoms with Crippen LogP contribution in [0.3, 0.4) is 0 Å². The van der Waals surface area contributed by atoms with Crippen molar-refractivity contribution in [2.45, 2.75) is 64.8 Å². The van der Waals surface area contributed by atoms with E-state index in [4.69, 9.17) is 9.84 Å². The molecule has 1 fully saturated rings. The van der Waals surface area contributed by atoms with E-state index in [1.807, 2.05) is 20.8 Å². The van der Waals surface area contributed by atoms with Crippen LogP contribution in [-0.2, 0) is 22.9 Å². The molecule has 4 rings (SSSR count). The highest BCUT2D eigenvalue weighted by molar-refractivity contribution is 7.89. The topological polar surface area (TPSA) is 113 Å². The lowest BCUT2D eigenvalue weighted by molar-refractivity contribution is 0.154. The molecule has 0 atom stereocenters. The number of imidazole rings is 1. The van der Waals surface area contributed by atoms with Crippen LogP contribution in [0.15, 0.2) is 27.9 Å². The summed E-state index contributed by atoms with van der Waals surface area (Å²) in [6.07, 6.45) is 2.14. The molecule has 0 saturated carbocycles. The number of aryl methyl sites for hydroxylation is 2. The van der Waals surface area contributed by atoms with E-state index in [2.05, 4.69) is 28.7 Å². The van der Waals surface area contributed by atoms with Gasteiger partial charge in [-0.05, 0) is 51.8 Å². The summed E-state index contributed by atoms with van der Waals surface area (Å²) in [5.74, 6) is 1.41. The Morgan fingerprint density at radius 3 is 2.44 bits per heavy atom. The van der Waals surface area contributed by atoms with E-state index in [0.29, 0.717) is 80.0 Å². The highest BCUT2D eigenvalue weighted by Crippen LogP contribution is 2.32. The Labute approximate surface area is 212 Å². The van der Waals surface area contributed by atoms with E-state index < -0.39 is 10.0 Å². The number of benzene rings is 1. The van der Waals surface area contributed by atoms with Crippen molar-refractivity contribution in [1.82, 2.24) is 28.8 Å². The molecule has 1 saturated heterocycles. The van der Waals surface area contributed by atoms with Gasteiger partial charge in [0.1, 0.15) is 11.6 Å². The van der Waals surface area contributed by atoms with Gasteiger partial charge in [-0.3, -0.25) is 9.69 Å². The van der Waals surface area contributed by atoms with Crippen LogP contribution in [0.1, 0.15) is 52.6 Å². The summed E-state index contributed by atoms with van der Waals surface area (Å²) in [4.78, 5) is 23.0. The maximum absolute atomic E-state index is 13.5. The third-order valence-corrected chi connectivity index (χ3v) is 8.49. The Hall–Kier alpha value is -2.76. The fourth-order valence-electron chi connectivity index (χ4n) is 4.63. The van der Waals surface area contributed by atoms with Crippen molar-refractivity contribution in [3.8, 4) is 17.1 Å². The number of piperazine rings is 1. The number of nitrogens with one attached hydrogen (secondary N) is 1. The molecule has 0 amide bonds. The predicted octanol–water partition coefficient (Wildman–Crippen LogP) is 2.71. The van der Waals surface area contributed by atoms with Crippen molar-refractivity contribution < 1.29 is 13.2 Å². The molecular formula is C25H36N6O4S. The Morgan fingerprint density at radius 2 is 1.83 bits per heavy atom. The number of aromatic amines is 1. The van der Waals surface area contributed by atoms with Crippen LogP contribution < -0.4 is 10.3 Å². The molecule has 10 nitrogen and oxygen atoms in total. The van der Waals surface area contributed by atoms with Gasteiger partial charge in [-0.2, -0.15) is 4.31 Å². The van der Waals surface area contributed by atoms with Crippen molar-refractivity contribution in [3.05, 3.63) is 40.1 Å². The van der Waals surface area contributed by atoms with E-state index in [0.717, 1.165) is 6.42 Å². The highest BCUT2D eigenvalue weighted by atomic mass is 32.2. The molecule has 2 aromatic heterocycles. The Kier molecular flexibility index (Phi) is 7.82. The van der Waals surface area contributed by atoms with E-state index >= 15 is 0 Å². The molecule has 1 aromatic carbocycles. The monoisotopic (exact) mass is 516 g/mol. The predicted molar refractivity (Wildman–Crippen MR) is 139 cm³/mol. The molecule has 11 heteroatoms. The SMILES string of the molecule is CCCc1nc(CC)c2c(=O)[nH]c(-c3cc(S(=O)(=O)N4CCN(C(C)C)CC4)ccc3OCC)nn12. The maximum atomic E-state index is 13.5. The number of hydrogen-bond acceptors (Lipinski definition) is 7. The van der Waals surface area contributed by atoms with Gasteiger partial charge in [0, 0.05) is 38.6 Å².